The number of aromatic nitrogens is 1. The average molecular weight is 360 g/mol. The van der Waals surface area contributed by atoms with Crippen LogP contribution in [0.15, 0.2) is 60.7 Å². The zero-order valence-corrected chi connectivity index (χ0v) is 15.2. The first kappa shape index (κ1) is 17.1. The molecule has 0 radical (unpaired) electrons. The fraction of sp³-hybridized carbons (Fsp3) is 0.136. The highest BCUT2D eigenvalue weighted by molar-refractivity contribution is 6.03. The molecule has 2 N–H and O–H groups in total. The first-order chi connectivity index (χ1) is 13.2. The minimum absolute atomic E-state index is 0.134. The highest BCUT2D eigenvalue weighted by Gasteiger charge is 2.16. The Hall–Kier alpha value is -3.31. The summed E-state index contributed by atoms with van der Waals surface area (Å²) in [6.07, 6.45) is 0. The van der Waals surface area contributed by atoms with Crippen LogP contribution in [0, 0.1) is 0 Å². The second kappa shape index (κ2) is 7.13. The van der Waals surface area contributed by atoms with Crippen molar-refractivity contribution in [1.29, 1.82) is 0 Å². The number of methoxy groups -OCH3 is 2. The molecule has 0 amide bonds. The molecule has 4 rings (SSSR count). The summed E-state index contributed by atoms with van der Waals surface area (Å²) in [4.78, 5) is 4.78. The maximum atomic E-state index is 9.83. The van der Waals surface area contributed by atoms with Crippen molar-refractivity contribution in [3.05, 3.63) is 66.2 Å². The van der Waals surface area contributed by atoms with Gasteiger partial charge in [0.05, 0.1) is 37.5 Å². The van der Waals surface area contributed by atoms with Crippen LogP contribution in [0.3, 0.4) is 0 Å². The number of aliphatic hydroxyl groups is 1. The molecule has 4 aromatic rings. The van der Waals surface area contributed by atoms with Crippen LogP contribution in [-0.2, 0) is 6.61 Å². The molecule has 0 bridgehead atoms. The maximum absolute atomic E-state index is 9.83. The molecule has 0 aliphatic heterocycles. The van der Waals surface area contributed by atoms with Gasteiger partial charge in [0, 0.05) is 22.0 Å². The first-order valence-corrected chi connectivity index (χ1v) is 8.65. The van der Waals surface area contributed by atoms with Crippen LogP contribution < -0.4 is 14.8 Å². The third-order valence-corrected chi connectivity index (χ3v) is 4.57. The van der Waals surface area contributed by atoms with Gasteiger partial charge >= 0.3 is 0 Å². The largest absolute Gasteiger partial charge is 0.497 e. The average Bonchev–Trinajstić information content (AvgIpc) is 2.72. The summed E-state index contributed by atoms with van der Waals surface area (Å²) in [5, 5.41) is 15.1. The van der Waals surface area contributed by atoms with Crippen LogP contribution in [0.25, 0.3) is 21.8 Å². The van der Waals surface area contributed by atoms with E-state index in [-0.39, 0.29) is 6.61 Å². The number of benzene rings is 3. The summed E-state index contributed by atoms with van der Waals surface area (Å²) < 4.78 is 11.0. The molecule has 3 aromatic carbocycles. The summed E-state index contributed by atoms with van der Waals surface area (Å²) in [5.41, 5.74) is 4.04. The fourth-order valence-corrected chi connectivity index (χ4v) is 3.26. The van der Waals surface area contributed by atoms with Crippen molar-refractivity contribution in [3.63, 3.8) is 0 Å². The topological polar surface area (TPSA) is 63.6 Å². The molecule has 27 heavy (non-hydrogen) atoms. The van der Waals surface area contributed by atoms with E-state index in [1.165, 1.54) is 0 Å². The molecule has 0 spiro atoms. The molecule has 0 unspecified atom stereocenters. The summed E-state index contributed by atoms with van der Waals surface area (Å²) in [5.74, 6) is 1.39. The molecule has 1 aromatic heterocycles. The van der Waals surface area contributed by atoms with Gasteiger partial charge in [-0.05, 0) is 42.5 Å². The lowest BCUT2D eigenvalue weighted by molar-refractivity contribution is 0.274. The van der Waals surface area contributed by atoms with Gasteiger partial charge in [-0.1, -0.05) is 18.2 Å². The highest BCUT2D eigenvalue weighted by atomic mass is 16.5. The SMILES string of the molecule is COc1ccc2nc3cc(CO)c(OC)c(Nc4ccccc4)c3cc2c1. The lowest BCUT2D eigenvalue weighted by Gasteiger charge is -2.17. The van der Waals surface area contributed by atoms with E-state index < -0.39 is 0 Å². The number of nitrogens with zero attached hydrogens (tertiary/aromatic N) is 1. The van der Waals surface area contributed by atoms with Crippen molar-refractivity contribution in [2.24, 2.45) is 0 Å². The predicted molar refractivity (Wildman–Crippen MR) is 108 cm³/mol. The number of hydrogen-bond donors (Lipinski definition) is 2. The Bertz CT molecular complexity index is 1110. The molecular weight excluding hydrogens is 340 g/mol. The van der Waals surface area contributed by atoms with E-state index in [1.54, 1.807) is 14.2 Å². The maximum Gasteiger partial charge on any atom is 0.148 e. The van der Waals surface area contributed by atoms with Gasteiger partial charge in [-0.15, -0.1) is 0 Å². The Balaban J connectivity index is 2.01. The number of hydrogen-bond acceptors (Lipinski definition) is 5. The molecule has 5 heteroatoms. The van der Waals surface area contributed by atoms with Gasteiger partial charge in [0.1, 0.15) is 11.5 Å². The smallest absolute Gasteiger partial charge is 0.148 e. The molecule has 0 saturated heterocycles. The lowest BCUT2D eigenvalue weighted by Crippen LogP contribution is -2.01. The van der Waals surface area contributed by atoms with Crippen molar-refractivity contribution < 1.29 is 14.6 Å². The van der Waals surface area contributed by atoms with Crippen LogP contribution in [-0.4, -0.2) is 24.3 Å². The van der Waals surface area contributed by atoms with Crippen LogP contribution in [0.2, 0.25) is 0 Å². The number of ether oxygens (including phenoxy) is 2. The van der Waals surface area contributed by atoms with E-state index >= 15 is 0 Å². The molecule has 0 atom stereocenters. The summed E-state index contributed by atoms with van der Waals surface area (Å²) >= 11 is 0. The van der Waals surface area contributed by atoms with E-state index in [9.17, 15) is 5.11 Å². The lowest BCUT2D eigenvalue weighted by atomic mass is 10.0. The molecule has 1 heterocycles. The molecule has 0 saturated carbocycles. The number of anilines is 2. The first-order valence-electron chi connectivity index (χ1n) is 8.65. The Kier molecular flexibility index (Phi) is 4.52. The minimum atomic E-state index is -0.134. The van der Waals surface area contributed by atoms with Crippen LogP contribution in [0.4, 0.5) is 11.4 Å². The van der Waals surface area contributed by atoms with Crippen molar-refractivity contribution in [2.75, 3.05) is 19.5 Å². The van der Waals surface area contributed by atoms with Crippen molar-refractivity contribution in [2.45, 2.75) is 6.61 Å². The standard InChI is InChI=1S/C22H20N2O3/c1-26-17-8-9-19-14(10-17)11-18-20(24-19)12-15(13-25)22(27-2)21(18)23-16-6-4-3-5-7-16/h3-12,23,25H,13H2,1-2H3. The zero-order valence-electron chi connectivity index (χ0n) is 15.2. The third kappa shape index (κ3) is 3.13. The van der Waals surface area contributed by atoms with Gasteiger partial charge in [0.2, 0.25) is 0 Å². The van der Waals surface area contributed by atoms with Crippen molar-refractivity contribution in [3.8, 4) is 11.5 Å². The van der Waals surface area contributed by atoms with Crippen molar-refractivity contribution in [1.82, 2.24) is 4.98 Å². The number of pyridine rings is 1. The molecule has 0 aliphatic rings. The predicted octanol–water partition coefficient (Wildman–Crippen LogP) is 4.64. The molecule has 5 nitrogen and oxygen atoms in total. The van der Waals surface area contributed by atoms with Crippen LogP contribution in [0.5, 0.6) is 11.5 Å². The molecule has 136 valence electrons. The summed E-state index contributed by atoms with van der Waals surface area (Å²) in [6.45, 7) is -0.134. The molecular formula is C22H20N2O3. The van der Waals surface area contributed by atoms with E-state index in [0.29, 0.717) is 11.3 Å². The monoisotopic (exact) mass is 360 g/mol. The molecule has 0 aliphatic carbocycles. The summed E-state index contributed by atoms with van der Waals surface area (Å²) in [7, 11) is 3.25. The van der Waals surface area contributed by atoms with Gasteiger partial charge in [0.25, 0.3) is 0 Å². The number of para-hydroxylation sites is 1. The summed E-state index contributed by atoms with van der Waals surface area (Å²) in [6, 6.07) is 19.6. The van der Waals surface area contributed by atoms with Crippen molar-refractivity contribution >= 4 is 33.2 Å². The normalized spacial score (nSPS) is 10.9. The Morgan fingerprint density at radius 2 is 1.74 bits per heavy atom. The third-order valence-electron chi connectivity index (χ3n) is 4.57. The van der Waals surface area contributed by atoms with Crippen LogP contribution >= 0.6 is 0 Å². The fourth-order valence-electron chi connectivity index (χ4n) is 3.26. The number of nitrogens with one attached hydrogen (secondary N) is 1. The Morgan fingerprint density at radius 3 is 2.44 bits per heavy atom. The van der Waals surface area contributed by atoms with Gasteiger partial charge in [-0.3, -0.25) is 0 Å². The highest BCUT2D eigenvalue weighted by Crippen LogP contribution is 2.39. The van der Waals surface area contributed by atoms with E-state index in [0.717, 1.165) is 38.9 Å². The quantitative estimate of drug-likeness (QED) is 0.508. The zero-order chi connectivity index (χ0) is 18.8. The minimum Gasteiger partial charge on any atom is -0.497 e. The van der Waals surface area contributed by atoms with Gasteiger partial charge < -0.3 is 19.9 Å². The van der Waals surface area contributed by atoms with Gasteiger partial charge in [0.15, 0.2) is 0 Å². The van der Waals surface area contributed by atoms with E-state index in [4.69, 9.17) is 14.5 Å². The van der Waals surface area contributed by atoms with E-state index in [2.05, 4.69) is 11.4 Å². The number of rotatable bonds is 5. The Labute approximate surface area is 157 Å². The van der Waals surface area contributed by atoms with E-state index in [1.807, 2.05) is 54.6 Å². The van der Waals surface area contributed by atoms with Gasteiger partial charge in [-0.2, -0.15) is 0 Å². The number of fused-ring (bicyclic) bond motifs is 2. The van der Waals surface area contributed by atoms with Gasteiger partial charge in [-0.25, -0.2) is 4.98 Å². The number of aliphatic hydroxyl groups excluding tert-OH is 1. The molecule has 0 fully saturated rings. The Morgan fingerprint density at radius 1 is 0.926 bits per heavy atom. The van der Waals surface area contributed by atoms with Crippen LogP contribution in [0.1, 0.15) is 5.56 Å². The second-order valence-corrected chi connectivity index (χ2v) is 6.21. The second-order valence-electron chi connectivity index (χ2n) is 6.21.